The Morgan fingerprint density at radius 3 is 1.53 bits per heavy atom. The average molecular weight is 728 g/mol. The molecule has 0 spiro atoms. The topological polar surface area (TPSA) is 149 Å². The molecule has 1 amide bonds. The first kappa shape index (κ1) is 48.0. The van der Waals surface area contributed by atoms with Gasteiger partial charge in [-0.2, -0.15) is 0 Å². The Kier molecular flexibility index (Phi) is 31.5. The highest BCUT2D eigenvalue weighted by Gasteiger charge is 2.44. The highest BCUT2D eigenvalue weighted by Crippen LogP contribution is 2.22. The van der Waals surface area contributed by atoms with Gasteiger partial charge in [0.05, 0.1) is 25.4 Å². The van der Waals surface area contributed by atoms with E-state index in [-0.39, 0.29) is 12.5 Å². The summed E-state index contributed by atoms with van der Waals surface area (Å²) in [6.07, 6.45) is 29.6. The van der Waals surface area contributed by atoms with E-state index in [4.69, 9.17) is 9.47 Å². The minimum atomic E-state index is -1.56. The van der Waals surface area contributed by atoms with Crippen LogP contribution >= 0.6 is 0 Å². The molecular formula is C42H81NO8. The van der Waals surface area contributed by atoms with E-state index in [2.05, 4.69) is 19.2 Å². The molecule has 302 valence electrons. The number of hydrogen-bond acceptors (Lipinski definition) is 8. The third-order valence-electron chi connectivity index (χ3n) is 10.4. The van der Waals surface area contributed by atoms with E-state index in [0.717, 1.165) is 38.5 Å². The normalized spacial score (nSPS) is 22.1. The van der Waals surface area contributed by atoms with Gasteiger partial charge in [-0.3, -0.25) is 4.79 Å². The molecule has 1 saturated heterocycles. The lowest BCUT2D eigenvalue weighted by molar-refractivity contribution is -0.302. The van der Waals surface area contributed by atoms with Crippen molar-refractivity contribution in [3.05, 3.63) is 12.2 Å². The molecular weight excluding hydrogens is 646 g/mol. The fourth-order valence-electron chi connectivity index (χ4n) is 6.86. The van der Waals surface area contributed by atoms with Crippen molar-refractivity contribution in [2.45, 2.75) is 236 Å². The van der Waals surface area contributed by atoms with Gasteiger partial charge in [-0.15, -0.1) is 0 Å². The molecule has 0 bridgehead atoms. The van der Waals surface area contributed by atoms with Gasteiger partial charge in [-0.1, -0.05) is 180 Å². The van der Waals surface area contributed by atoms with Crippen molar-refractivity contribution in [3.8, 4) is 0 Å². The zero-order chi connectivity index (χ0) is 37.4. The second-order valence-electron chi connectivity index (χ2n) is 15.1. The Morgan fingerprint density at radius 2 is 1.08 bits per heavy atom. The van der Waals surface area contributed by atoms with Crippen LogP contribution in [0, 0.1) is 0 Å². The van der Waals surface area contributed by atoms with E-state index in [0.29, 0.717) is 6.42 Å². The maximum Gasteiger partial charge on any atom is 0.220 e. The first-order chi connectivity index (χ1) is 24.8. The average Bonchev–Trinajstić information content (AvgIpc) is 3.13. The second kappa shape index (κ2) is 33.5. The molecule has 1 fully saturated rings. The van der Waals surface area contributed by atoms with E-state index < -0.39 is 49.5 Å². The van der Waals surface area contributed by atoms with Gasteiger partial charge >= 0.3 is 0 Å². The van der Waals surface area contributed by atoms with E-state index in [1.165, 1.54) is 135 Å². The molecule has 1 aliphatic heterocycles. The molecule has 0 aromatic rings. The second-order valence-corrected chi connectivity index (χ2v) is 15.1. The standard InChI is InChI=1S/C42H81NO8/c1-3-5-7-9-11-13-15-17-18-20-22-24-26-28-30-32-38(46)43-35(34-50-42-41(49)40(48)39(47)37(33-44)51-42)36(45)31-29-27-25-23-21-19-16-14-12-10-8-6-4-2/h29,31,35-37,39-42,44-45,47-49H,3-28,30,32-34H2,1-2H3,(H,43,46)/b31-29+/t35-,36+,37?,39?,40?,41?,42?/m0/s1. The van der Waals surface area contributed by atoms with Crippen LogP contribution in [0.25, 0.3) is 0 Å². The molecule has 1 aliphatic rings. The summed E-state index contributed by atoms with van der Waals surface area (Å²) in [7, 11) is 0. The van der Waals surface area contributed by atoms with Gasteiger partial charge < -0.3 is 40.3 Å². The van der Waals surface area contributed by atoms with Crippen molar-refractivity contribution in [1.29, 1.82) is 0 Å². The van der Waals surface area contributed by atoms with Gasteiger partial charge in [-0.25, -0.2) is 0 Å². The van der Waals surface area contributed by atoms with E-state index in [9.17, 15) is 30.3 Å². The van der Waals surface area contributed by atoms with Gasteiger partial charge in [0.1, 0.15) is 24.4 Å². The fourth-order valence-corrected chi connectivity index (χ4v) is 6.86. The minimum absolute atomic E-state index is 0.176. The van der Waals surface area contributed by atoms with Crippen LogP contribution in [-0.4, -0.2) is 87.5 Å². The Bertz CT molecular complexity index is 812. The molecule has 6 N–H and O–H groups in total. The highest BCUT2D eigenvalue weighted by atomic mass is 16.7. The number of aliphatic hydroxyl groups is 5. The Labute approximate surface area is 312 Å². The summed E-state index contributed by atoms with van der Waals surface area (Å²) in [5.41, 5.74) is 0. The Hall–Kier alpha value is -1.07. The number of aliphatic hydroxyl groups excluding tert-OH is 5. The summed E-state index contributed by atoms with van der Waals surface area (Å²) in [6, 6.07) is -0.796. The summed E-state index contributed by atoms with van der Waals surface area (Å²) in [6.45, 7) is 3.76. The van der Waals surface area contributed by atoms with Gasteiger partial charge in [0.15, 0.2) is 6.29 Å². The van der Waals surface area contributed by atoms with Gasteiger partial charge in [0, 0.05) is 6.42 Å². The fraction of sp³-hybridized carbons (Fsp3) is 0.929. The maximum absolute atomic E-state index is 12.9. The van der Waals surface area contributed by atoms with Crippen molar-refractivity contribution in [2.24, 2.45) is 0 Å². The highest BCUT2D eigenvalue weighted by molar-refractivity contribution is 5.76. The predicted octanol–water partition coefficient (Wildman–Crippen LogP) is 8.17. The minimum Gasteiger partial charge on any atom is -0.394 e. The predicted molar refractivity (Wildman–Crippen MR) is 207 cm³/mol. The lowest BCUT2D eigenvalue weighted by Gasteiger charge is -2.40. The quantitative estimate of drug-likeness (QED) is 0.0283. The Morgan fingerprint density at radius 1 is 0.647 bits per heavy atom. The summed E-state index contributed by atoms with van der Waals surface area (Å²) in [5, 5.41) is 54.0. The summed E-state index contributed by atoms with van der Waals surface area (Å²) in [4.78, 5) is 12.9. The summed E-state index contributed by atoms with van der Waals surface area (Å²) in [5.74, 6) is -0.176. The van der Waals surface area contributed by atoms with Crippen molar-refractivity contribution in [2.75, 3.05) is 13.2 Å². The SMILES string of the molecule is CCCCCCCCCCCCC/C=C/[C@@H](O)[C@H](COC1OC(CO)C(O)C(O)C1O)NC(=O)CCCCCCCCCCCCCCCCC. The smallest absolute Gasteiger partial charge is 0.220 e. The number of carbonyl (C=O) groups is 1. The first-order valence-electron chi connectivity index (χ1n) is 21.4. The molecule has 0 aliphatic carbocycles. The monoisotopic (exact) mass is 728 g/mol. The van der Waals surface area contributed by atoms with Crippen LogP contribution in [0.3, 0.4) is 0 Å². The molecule has 51 heavy (non-hydrogen) atoms. The number of ether oxygens (including phenoxy) is 2. The van der Waals surface area contributed by atoms with Crippen LogP contribution < -0.4 is 5.32 Å². The summed E-state index contributed by atoms with van der Waals surface area (Å²) < 4.78 is 11.2. The molecule has 0 aromatic heterocycles. The molecule has 7 atom stereocenters. The molecule has 0 saturated carbocycles. The number of allylic oxidation sites excluding steroid dienone is 1. The largest absolute Gasteiger partial charge is 0.394 e. The number of rotatable bonds is 35. The van der Waals surface area contributed by atoms with Crippen LogP contribution in [0.5, 0.6) is 0 Å². The van der Waals surface area contributed by atoms with Gasteiger partial charge in [0.25, 0.3) is 0 Å². The van der Waals surface area contributed by atoms with Gasteiger partial charge in [0.2, 0.25) is 5.91 Å². The summed E-state index contributed by atoms with van der Waals surface area (Å²) >= 11 is 0. The molecule has 0 radical (unpaired) electrons. The molecule has 9 nitrogen and oxygen atoms in total. The molecule has 1 rings (SSSR count). The van der Waals surface area contributed by atoms with Crippen LogP contribution in [0.15, 0.2) is 12.2 Å². The number of hydrogen-bond donors (Lipinski definition) is 6. The van der Waals surface area contributed by atoms with Crippen LogP contribution in [0.1, 0.15) is 194 Å². The third kappa shape index (κ3) is 24.8. The lowest BCUT2D eigenvalue weighted by Crippen LogP contribution is -2.60. The van der Waals surface area contributed by atoms with Gasteiger partial charge in [-0.05, 0) is 19.3 Å². The van der Waals surface area contributed by atoms with Crippen molar-refractivity contribution >= 4 is 5.91 Å². The number of nitrogens with one attached hydrogen (secondary N) is 1. The molecule has 0 aromatic carbocycles. The van der Waals surface area contributed by atoms with Crippen molar-refractivity contribution in [1.82, 2.24) is 5.32 Å². The van der Waals surface area contributed by atoms with Crippen LogP contribution in [0.2, 0.25) is 0 Å². The first-order valence-corrected chi connectivity index (χ1v) is 21.4. The molecule has 9 heteroatoms. The van der Waals surface area contributed by atoms with E-state index >= 15 is 0 Å². The van der Waals surface area contributed by atoms with E-state index in [1.54, 1.807) is 6.08 Å². The van der Waals surface area contributed by atoms with Crippen LogP contribution in [-0.2, 0) is 14.3 Å². The maximum atomic E-state index is 12.9. The lowest BCUT2D eigenvalue weighted by atomic mass is 9.99. The van der Waals surface area contributed by atoms with Crippen molar-refractivity contribution in [3.63, 3.8) is 0 Å². The number of carbonyl (C=O) groups excluding carboxylic acids is 1. The zero-order valence-electron chi connectivity index (χ0n) is 32.9. The third-order valence-corrected chi connectivity index (χ3v) is 10.4. The molecule has 1 heterocycles. The van der Waals surface area contributed by atoms with Crippen LogP contribution in [0.4, 0.5) is 0 Å². The van der Waals surface area contributed by atoms with E-state index in [1.807, 2.05) is 6.08 Å². The number of unbranched alkanes of at least 4 members (excludes halogenated alkanes) is 25. The number of amides is 1. The molecule has 5 unspecified atom stereocenters. The van der Waals surface area contributed by atoms with Crippen molar-refractivity contribution < 1.29 is 39.8 Å². The Balaban J connectivity index is 2.39. The zero-order valence-corrected chi connectivity index (χ0v) is 32.9.